The summed E-state index contributed by atoms with van der Waals surface area (Å²) < 4.78 is 45.3. The van der Waals surface area contributed by atoms with Crippen molar-refractivity contribution >= 4 is 23.7 Å². The van der Waals surface area contributed by atoms with Crippen LogP contribution in [0, 0.1) is 0 Å². The summed E-state index contributed by atoms with van der Waals surface area (Å²) in [7, 11) is 1.86. The highest BCUT2D eigenvalue weighted by atomic mass is 32.1. The Morgan fingerprint density at radius 2 is 2.10 bits per heavy atom. The molecule has 1 aliphatic heterocycles. The third kappa shape index (κ3) is 4.43. The van der Waals surface area contributed by atoms with Crippen LogP contribution in [-0.4, -0.2) is 60.4 Å². The van der Waals surface area contributed by atoms with Gasteiger partial charge in [0.25, 0.3) is 5.79 Å². The molecule has 2 aromatic rings. The Labute approximate surface area is 169 Å². The van der Waals surface area contributed by atoms with Crippen LogP contribution in [0.3, 0.4) is 0 Å². The lowest BCUT2D eigenvalue weighted by atomic mass is 9.97. The van der Waals surface area contributed by atoms with Crippen LogP contribution in [0.25, 0.3) is 10.6 Å². The lowest BCUT2D eigenvalue weighted by molar-refractivity contribution is -0.358. The van der Waals surface area contributed by atoms with E-state index in [2.05, 4.69) is 27.3 Å². The molecule has 2 unspecified atom stereocenters. The van der Waals surface area contributed by atoms with Crippen LogP contribution in [0.5, 0.6) is 5.75 Å². The predicted octanol–water partition coefficient (Wildman–Crippen LogP) is 2.17. The summed E-state index contributed by atoms with van der Waals surface area (Å²) in [6.45, 7) is 4.47. The Balaban J connectivity index is 1.94. The van der Waals surface area contributed by atoms with Crippen LogP contribution in [0.15, 0.2) is 28.7 Å². The molecule has 0 radical (unpaired) electrons. The highest BCUT2D eigenvalue weighted by molar-refractivity contribution is 7.13. The molecule has 1 saturated heterocycles. The van der Waals surface area contributed by atoms with Crippen LogP contribution >= 0.6 is 11.3 Å². The van der Waals surface area contributed by atoms with Gasteiger partial charge in [0.15, 0.2) is 5.75 Å². The number of halogens is 3. The number of aliphatic imine (C=N–C) groups is 1. The van der Waals surface area contributed by atoms with Gasteiger partial charge in [0, 0.05) is 35.8 Å². The van der Waals surface area contributed by atoms with Crippen molar-refractivity contribution in [3.63, 3.8) is 0 Å². The van der Waals surface area contributed by atoms with Gasteiger partial charge in [-0.25, -0.2) is 4.98 Å². The molecule has 1 aromatic carbocycles. The van der Waals surface area contributed by atoms with Gasteiger partial charge in [-0.05, 0) is 32.3 Å². The number of nitrogens with one attached hydrogen (secondary N) is 2. The molecule has 7 nitrogen and oxygen atoms in total. The third-order valence-electron chi connectivity index (χ3n) is 4.62. The molecule has 4 N–H and O–H groups in total. The monoisotopic (exact) mass is 430 g/mol. The Kier molecular flexibility index (Phi) is 6.24. The van der Waals surface area contributed by atoms with Crippen molar-refractivity contribution in [3.05, 3.63) is 29.3 Å². The molecule has 0 aliphatic carbocycles. The van der Waals surface area contributed by atoms with E-state index in [0.29, 0.717) is 11.0 Å². The van der Waals surface area contributed by atoms with Crippen LogP contribution in [-0.2, 0) is 5.79 Å². The third-order valence-corrected chi connectivity index (χ3v) is 5.43. The maximum atomic E-state index is 13.1. The van der Waals surface area contributed by atoms with Gasteiger partial charge >= 0.3 is 6.18 Å². The molecule has 11 heteroatoms. The van der Waals surface area contributed by atoms with E-state index in [4.69, 9.17) is 4.74 Å². The zero-order chi connectivity index (χ0) is 21.2. The number of ether oxygens (including phenoxy) is 1. The fraction of sp³-hybridized carbons (Fsp3) is 0.444. The molecule has 0 amide bonds. The fourth-order valence-corrected chi connectivity index (χ4v) is 3.75. The van der Waals surface area contributed by atoms with Gasteiger partial charge in [-0.1, -0.05) is 0 Å². The highest BCUT2D eigenvalue weighted by Gasteiger charge is 2.54. The number of hydrogen-bond donors (Lipinski definition) is 4. The molecule has 3 rings (SSSR count). The first-order chi connectivity index (χ1) is 13.7. The fourth-order valence-electron chi connectivity index (χ4n) is 3.10. The van der Waals surface area contributed by atoms with Crippen molar-refractivity contribution in [2.24, 2.45) is 4.99 Å². The van der Waals surface area contributed by atoms with Crippen LogP contribution in [0.4, 0.5) is 18.9 Å². The van der Waals surface area contributed by atoms with E-state index in [9.17, 15) is 23.4 Å². The Bertz CT molecular complexity index is 853. The van der Waals surface area contributed by atoms with E-state index in [0.717, 1.165) is 25.1 Å². The summed E-state index contributed by atoms with van der Waals surface area (Å²) in [5.74, 6) is -3.86. The van der Waals surface area contributed by atoms with Crippen LogP contribution in [0.2, 0.25) is 0 Å². The number of thiazole rings is 1. The summed E-state index contributed by atoms with van der Waals surface area (Å²) >= 11 is 1.18. The van der Waals surface area contributed by atoms with E-state index in [1.54, 1.807) is 5.38 Å². The minimum absolute atomic E-state index is 0.0319. The first kappa shape index (κ1) is 21.7. The van der Waals surface area contributed by atoms with Gasteiger partial charge in [-0.15, -0.1) is 11.3 Å². The first-order valence-corrected chi connectivity index (χ1v) is 9.65. The second kappa shape index (κ2) is 8.36. The molecule has 0 spiro atoms. The number of benzene rings is 1. The van der Waals surface area contributed by atoms with Crippen molar-refractivity contribution in [2.75, 3.05) is 20.2 Å². The minimum Gasteiger partial charge on any atom is -0.489 e. The predicted molar refractivity (Wildman–Crippen MR) is 104 cm³/mol. The molecule has 0 saturated carbocycles. The topological polar surface area (TPSA) is 99.0 Å². The van der Waals surface area contributed by atoms with Gasteiger partial charge in [0.05, 0.1) is 5.56 Å². The van der Waals surface area contributed by atoms with E-state index < -0.39 is 17.5 Å². The summed E-state index contributed by atoms with van der Waals surface area (Å²) in [6.07, 6.45) is -2.93. The first-order valence-electron chi connectivity index (χ1n) is 8.77. The number of hydrogen-bond acceptors (Lipinski definition) is 8. The molecule has 2 heterocycles. The van der Waals surface area contributed by atoms with E-state index in [-0.39, 0.29) is 29.6 Å². The average molecular weight is 430 g/mol. The lowest BCUT2D eigenvalue weighted by Gasteiger charge is -2.37. The van der Waals surface area contributed by atoms with Gasteiger partial charge in [-0.2, -0.15) is 13.2 Å². The van der Waals surface area contributed by atoms with Crippen molar-refractivity contribution in [1.29, 1.82) is 0 Å². The van der Waals surface area contributed by atoms with Crippen molar-refractivity contribution < 1.29 is 28.1 Å². The van der Waals surface area contributed by atoms with E-state index in [1.165, 1.54) is 17.5 Å². The van der Waals surface area contributed by atoms with Crippen molar-refractivity contribution in [1.82, 2.24) is 15.6 Å². The molecular formula is C18H21F3N4O3S. The maximum Gasteiger partial charge on any atom is 0.447 e. The van der Waals surface area contributed by atoms with E-state index in [1.807, 2.05) is 7.05 Å². The molecule has 0 bridgehead atoms. The standard InChI is InChI=1S/C18H21F3N4O3S/c1-22-8-11-7-12(25-11)9-28-15-13(16-24-3-4-29-16)5-10(6-14(15)23-2)17(26,27)18(19,20)21/h3-6,11-12,22,25-27H,2,7-9H2,1H3. The highest BCUT2D eigenvalue weighted by Crippen LogP contribution is 2.45. The largest absolute Gasteiger partial charge is 0.489 e. The summed E-state index contributed by atoms with van der Waals surface area (Å²) in [6, 6.07) is 2.33. The second-order valence-corrected chi connectivity index (χ2v) is 7.60. The van der Waals surface area contributed by atoms with Gasteiger partial charge < -0.3 is 25.6 Å². The smallest absolute Gasteiger partial charge is 0.447 e. The zero-order valence-electron chi connectivity index (χ0n) is 15.5. The van der Waals surface area contributed by atoms with E-state index >= 15 is 0 Å². The Hall–Kier alpha value is -2.05. The number of likely N-dealkylation sites (N-methyl/N-ethyl adjacent to an activating group) is 1. The molecule has 158 valence electrons. The zero-order valence-corrected chi connectivity index (χ0v) is 16.3. The number of rotatable bonds is 8. The summed E-state index contributed by atoms with van der Waals surface area (Å²) in [5, 5.41) is 27.8. The number of nitrogens with zero attached hydrogens (tertiary/aromatic N) is 2. The summed E-state index contributed by atoms with van der Waals surface area (Å²) in [4.78, 5) is 7.86. The maximum absolute atomic E-state index is 13.1. The summed E-state index contributed by atoms with van der Waals surface area (Å²) in [5.41, 5.74) is -0.640. The van der Waals surface area contributed by atoms with Gasteiger partial charge in [0.2, 0.25) is 0 Å². The molecular weight excluding hydrogens is 409 g/mol. The SMILES string of the molecule is C=Nc1cc(C(O)(O)C(F)(F)F)cc(-c2nccs2)c1OCC1CC(CNC)N1. The van der Waals surface area contributed by atoms with Crippen LogP contribution in [0.1, 0.15) is 12.0 Å². The van der Waals surface area contributed by atoms with Gasteiger partial charge in [0.1, 0.15) is 17.3 Å². The lowest BCUT2D eigenvalue weighted by Crippen LogP contribution is -2.58. The molecule has 29 heavy (non-hydrogen) atoms. The Morgan fingerprint density at radius 1 is 1.38 bits per heavy atom. The number of aromatic nitrogens is 1. The molecule has 1 aliphatic rings. The Morgan fingerprint density at radius 3 is 2.66 bits per heavy atom. The molecule has 1 aromatic heterocycles. The number of alkyl halides is 3. The molecule has 2 atom stereocenters. The van der Waals surface area contributed by atoms with Crippen LogP contribution < -0.4 is 15.4 Å². The second-order valence-electron chi connectivity index (χ2n) is 6.70. The van der Waals surface area contributed by atoms with Crippen molar-refractivity contribution in [3.8, 4) is 16.3 Å². The number of aliphatic hydroxyl groups is 2. The van der Waals surface area contributed by atoms with Crippen molar-refractivity contribution in [2.45, 2.75) is 30.5 Å². The normalized spacial score (nSPS) is 19.7. The molecule has 1 fully saturated rings. The van der Waals surface area contributed by atoms with Gasteiger partial charge in [-0.3, -0.25) is 4.99 Å². The minimum atomic E-state index is -5.30. The average Bonchev–Trinajstić information content (AvgIpc) is 3.16. The quantitative estimate of drug-likeness (QED) is 0.379.